The smallest absolute Gasteiger partial charge is 0.223 e. The lowest BCUT2D eigenvalue weighted by Crippen LogP contribution is -2.45. The molecule has 3 fully saturated rings. The van der Waals surface area contributed by atoms with Gasteiger partial charge in [-0.25, -0.2) is 13.4 Å². The van der Waals surface area contributed by atoms with Crippen molar-refractivity contribution in [2.75, 3.05) is 32.1 Å². The van der Waals surface area contributed by atoms with Crippen molar-refractivity contribution >= 4 is 15.7 Å². The van der Waals surface area contributed by atoms with Crippen LogP contribution in [0.3, 0.4) is 0 Å². The van der Waals surface area contributed by atoms with Gasteiger partial charge in [0.05, 0.1) is 23.0 Å². The number of fused-ring (bicyclic) bond motifs is 1. The van der Waals surface area contributed by atoms with Crippen molar-refractivity contribution in [1.29, 1.82) is 0 Å². The highest BCUT2D eigenvalue weighted by molar-refractivity contribution is 7.92. The van der Waals surface area contributed by atoms with Crippen LogP contribution in [0.5, 0.6) is 0 Å². The molecule has 3 saturated heterocycles. The zero-order valence-corrected chi connectivity index (χ0v) is 15.8. The molecule has 3 aliphatic rings. The molecule has 0 aromatic carbocycles. The van der Waals surface area contributed by atoms with Crippen LogP contribution >= 0.6 is 0 Å². The molecule has 0 radical (unpaired) electrons. The van der Waals surface area contributed by atoms with Gasteiger partial charge in [0.15, 0.2) is 9.84 Å². The van der Waals surface area contributed by atoms with Gasteiger partial charge in [0.2, 0.25) is 5.91 Å². The number of imidazole rings is 1. The Morgan fingerprint density at radius 1 is 1.38 bits per heavy atom. The van der Waals surface area contributed by atoms with Crippen LogP contribution in [0.15, 0.2) is 6.33 Å². The first-order valence-corrected chi connectivity index (χ1v) is 11.0. The van der Waals surface area contributed by atoms with E-state index < -0.39 is 9.84 Å². The zero-order chi connectivity index (χ0) is 18.3. The fourth-order valence-corrected chi connectivity index (χ4v) is 6.76. The summed E-state index contributed by atoms with van der Waals surface area (Å²) in [7, 11) is -3.18. The minimum absolute atomic E-state index is 0.0178. The normalized spacial score (nSPS) is 31.8. The van der Waals surface area contributed by atoms with Crippen LogP contribution in [0.25, 0.3) is 0 Å². The summed E-state index contributed by atoms with van der Waals surface area (Å²) < 4.78 is 30.5. The van der Waals surface area contributed by atoms with E-state index in [0.717, 1.165) is 11.4 Å². The Morgan fingerprint density at radius 3 is 2.85 bits per heavy atom. The van der Waals surface area contributed by atoms with Crippen LogP contribution in [0, 0.1) is 18.8 Å². The zero-order valence-electron chi connectivity index (χ0n) is 15.0. The number of nitrogens with zero attached hydrogens (tertiary/aromatic N) is 2. The summed E-state index contributed by atoms with van der Waals surface area (Å²) in [5.41, 5.74) is 1.96. The highest BCUT2D eigenvalue weighted by Crippen LogP contribution is 2.35. The molecule has 0 spiro atoms. The third kappa shape index (κ3) is 3.39. The van der Waals surface area contributed by atoms with E-state index in [1.165, 1.54) is 0 Å². The van der Waals surface area contributed by atoms with Gasteiger partial charge in [-0.1, -0.05) is 0 Å². The second-order valence-corrected chi connectivity index (χ2v) is 9.97. The summed E-state index contributed by atoms with van der Waals surface area (Å²) in [4.78, 5) is 22.1. The number of aromatic nitrogens is 2. The maximum Gasteiger partial charge on any atom is 0.223 e. The van der Waals surface area contributed by atoms with E-state index in [1.807, 2.05) is 6.92 Å². The molecule has 0 unspecified atom stereocenters. The third-order valence-corrected chi connectivity index (χ3v) is 8.25. The van der Waals surface area contributed by atoms with Crippen LogP contribution in [-0.4, -0.2) is 72.5 Å². The molecule has 3 atom stereocenters. The van der Waals surface area contributed by atoms with Crippen LogP contribution < -0.4 is 5.32 Å². The molecule has 144 valence electrons. The number of hydrogen-bond acceptors (Lipinski definition) is 6. The SMILES string of the molecule is Cc1[nH]cnc1CN1C[C@H]2[C@H](NC(=O)C3CCOCC3)CS(=O)(=O)[C@H]2C1. The summed E-state index contributed by atoms with van der Waals surface area (Å²) >= 11 is 0. The number of hydrogen-bond donors (Lipinski definition) is 2. The average molecular weight is 382 g/mol. The van der Waals surface area contributed by atoms with Gasteiger partial charge in [-0.2, -0.15) is 0 Å². The Morgan fingerprint density at radius 2 is 2.15 bits per heavy atom. The number of ether oxygens (including phenoxy) is 1. The molecule has 0 aliphatic carbocycles. The highest BCUT2D eigenvalue weighted by Gasteiger charge is 2.52. The molecule has 3 aliphatic heterocycles. The van der Waals surface area contributed by atoms with Gasteiger partial charge in [0, 0.05) is 56.4 Å². The summed E-state index contributed by atoms with van der Waals surface area (Å²) in [6.07, 6.45) is 3.09. The fourth-order valence-electron chi connectivity index (χ4n) is 4.44. The molecule has 1 aromatic rings. The molecular weight excluding hydrogens is 356 g/mol. The minimum atomic E-state index is -3.18. The number of amides is 1. The third-order valence-electron chi connectivity index (χ3n) is 6.00. The standard InChI is InChI=1S/C17H26N4O4S/c1-11-14(19-10-18-11)7-21-6-13-15(9-26(23,24)16(13)8-21)20-17(22)12-2-4-25-5-3-12/h10,12-13,15-16H,2-9H2,1H3,(H,18,19)(H,20,22)/t13-,15+,16-/m0/s1. The Hall–Kier alpha value is -1.45. The van der Waals surface area contributed by atoms with E-state index in [1.54, 1.807) is 6.33 Å². The monoisotopic (exact) mass is 382 g/mol. The number of carbonyl (C=O) groups excluding carboxylic acids is 1. The molecule has 4 rings (SSSR count). The van der Waals surface area contributed by atoms with E-state index >= 15 is 0 Å². The lowest BCUT2D eigenvalue weighted by molar-refractivity contribution is -0.128. The van der Waals surface area contributed by atoms with Crippen molar-refractivity contribution in [1.82, 2.24) is 20.2 Å². The number of nitrogens with one attached hydrogen (secondary N) is 2. The first kappa shape index (κ1) is 17.9. The maximum absolute atomic E-state index is 12.6. The molecule has 1 aromatic heterocycles. The van der Waals surface area contributed by atoms with Gasteiger partial charge in [-0.15, -0.1) is 0 Å². The Labute approximate surface area is 153 Å². The number of sulfone groups is 1. The molecule has 2 N–H and O–H groups in total. The van der Waals surface area contributed by atoms with Crippen molar-refractivity contribution in [3.63, 3.8) is 0 Å². The van der Waals surface area contributed by atoms with E-state index in [2.05, 4.69) is 20.2 Å². The predicted octanol–water partition coefficient (Wildman–Crippen LogP) is -0.142. The van der Waals surface area contributed by atoms with Gasteiger partial charge in [-0.3, -0.25) is 9.69 Å². The van der Waals surface area contributed by atoms with E-state index in [9.17, 15) is 13.2 Å². The second kappa shape index (κ2) is 6.94. The number of aromatic amines is 1. The summed E-state index contributed by atoms with van der Waals surface area (Å²) in [5, 5.41) is 2.66. The van der Waals surface area contributed by atoms with Crippen molar-refractivity contribution in [3.05, 3.63) is 17.7 Å². The lowest BCUT2D eigenvalue weighted by atomic mass is 9.96. The number of H-pyrrole nitrogens is 1. The summed E-state index contributed by atoms with van der Waals surface area (Å²) in [6.45, 7) is 5.00. The van der Waals surface area contributed by atoms with E-state index in [0.29, 0.717) is 45.7 Å². The minimum Gasteiger partial charge on any atom is -0.381 e. The molecule has 4 heterocycles. The first-order chi connectivity index (χ1) is 12.4. The van der Waals surface area contributed by atoms with Crippen LogP contribution in [-0.2, 0) is 25.9 Å². The number of likely N-dealkylation sites (tertiary alicyclic amines) is 1. The van der Waals surface area contributed by atoms with Gasteiger partial charge in [0.25, 0.3) is 0 Å². The average Bonchev–Trinajstić information content (AvgIpc) is 3.27. The van der Waals surface area contributed by atoms with Gasteiger partial charge < -0.3 is 15.0 Å². The van der Waals surface area contributed by atoms with E-state index in [4.69, 9.17) is 4.74 Å². The number of rotatable bonds is 4. The van der Waals surface area contributed by atoms with Gasteiger partial charge in [0.1, 0.15) is 0 Å². The molecule has 9 heteroatoms. The Kier molecular flexibility index (Phi) is 4.79. The van der Waals surface area contributed by atoms with Crippen molar-refractivity contribution in [3.8, 4) is 0 Å². The van der Waals surface area contributed by atoms with Crippen LogP contribution in [0.4, 0.5) is 0 Å². The van der Waals surface area contributed by atoms with Crippen molar-refractivity contribution in [2.24, 2.45) is 11.8 Å². The molecule has 0 bridgehead atoms. The molecule has 0 saturated carbocycles. The first-order valence-electron chi connectivity index (χ1n) is 9.25. The Balaban J connectivity index is 1.43. The Bertz CT molecular complexity index is 771. The quantitative estimate of drug-likeness (QED) is 0.751. The van der Waals surface area contributed by atoms with Crippen LogP contribution in [0.2, 0.25) is 0 Å². The lowest BCUT2D eigenvalue weighted by Gasteiger charge is -2.25. The molecular formula is C17H26N4O4S. The second-order valence-electron chi connectivity index (χ2n) is 7.70. The summed E-state index contributed by atoms with van der Waals surface area (Å²) in [6, 6.07) is -0.286. The van der Waals surface area contributed by atoms with E-state index in [-0.39, 0.29) is 34.8 Å². The molecule has 1 amide bonds. The number of carbonyl (C=O) groups is 1. The van der Waals surface area contributed by atoms with Crippen molar-refractivity contribution in [2.45, 2.75) is 37.6 Å². The van der Waals surface area contributed by atoms with Crippen LogP contribution in [0.1, 0.15) is 24.2 Å². The topological polar surface area (TPSA) is 104 Å². The predicted molar refractivity (Wildman–Crippen MR) is 95.1 cm³/mol. The largest absolute Gasteiger partial charge is 0.381 e. The maximum atomic E-state index is 12.6. The fraction of sp³-hybridized carbons (Fsp3) is 0.765. The number of aryl methyl sites for hydroxylation is 1. The molecule has 8 nitrogen and oxygen atoms in total. The highest BCUT2D eigenvalue weighted by atomic mass is 32.2. The summed E-state index contributed by atoms with van der Waals surface area (Å²) in [5.74, 6) is -0.0551. The van der Waals surface area contributed by atoms with Crippen molar-refractivity contribution < 1.29 is 17.9 Å². The van der Waals surface area contributed by atoms with Gasteiger partial charge in [-0.05, 0) is 19.8 Å². The molecule has 26 heavy (non-hydrogen) atoms. The van der Waals surface area contributed by atoms with Gasteiger partial charge >= 0.3 is 0 Å².